The summed E-state index contributed by atoms with van der Waals surface area (Å²) in [5.74, 6) is 0.869. The minimum Gasteiger partial charge on any atom is -0.466 e. The molecule has 142 valence electrons. The Bertz CT molecular complexity index is 929. The molecule has 0 radical (unpaired) electrons. The predicted molar refractivity (Wildman–Crippen MR) is 109 cm³/mol. The maximum atomic E-state index is 11.9. The van der Waals surface area contributed by atoms with Gasteiger partial charge in [-0.2, -0.15) is 0 Å². The number of carbonyl (C=O) groups is 1. The molecule has 1 fully saturated rings. The molecule has 3 heterocycles. The lowest BCUT2D eigenvalue weighted by molar-refractivity contribution is -0.149. The zero-order valence-electron chi connectivity index (χ0n) is 15.1. The summed E-state index contributed by atoms with van der Waals surface area (Å²) in [5.41, 5.74) is 1.05. The van der Waals surface area contributed by atoms with Crippen LogP contribution in [-0.4, -0.2) is 45.2 Å². The van der Waals surface area contributed by atoms with E-state index in [-0.39, 0.29) is 11.9 Å². The van der Waals surface area contributed by atoms with Gasteiger partial charge in [-0.05, 0) is 45.0 Å². The van der Waals surface area contributed by atoms with Gasteiger partial charge in [0.05, 0.1) is 12.5 Å². The van der Waals surface area contributed by atoms with Gasteiger partial charge in [0.15, 0.2) is 5.82 Å². The second-order valence-electron chi connectivity index (χ2n) is 6.68. The molecule has 1 aliphatic heterocycles. The number of hydrogen-bond acceptors (Lipinski definition) is 6. The van der Waals surface area contributed by atoms with Crippen LogP contribution < -0.4 is 0 Å². The minimum atomic E-state index is -0.0445. The Morgan fingerprint density at radius 2 is 2.00 bits per heavy atom. The Morgan fingerprint density at radius 3 is 2.70 bits per heavy atom. The zero-order chi connectivity index (χ0) is 18.8. The van der Waals surface area contributed by atoms with Crippen LogP contribution in [0.2, 0.25) is 0 Å². The highest BCUT2D eigenvalue weighted by Gasteiger charge is 2.26. The van der Waals surface area contributed by atoms with Crippen molar-refractivity contribution in [2.24, 2.45) is 5.92 Å². The number of aromatic nitrogens is 3. The fraction of sp³-hybridized carbons (Fsp3) is 0.421. The van der Waals surface area contributed by atoms with E-state index in [1.165, 1.54) is 4.88 Å². The van der Waals surface area contributed by atoms with Gasteiger partial charge in [-0.3, -0.25) is 14.1 Å². The predicted octanol–water partition coefficient (Wildman–Crippen LogP) is 4.00. The molecule has 0 aliphatic carbocycles. The summed E-state index contributed by atoms with van der Waals surface area (Å²) in [6, 6.07) is 8.10. The number of benzene rings is 1. The van der Waals surface area contributed by atoms with E-state index in [1.807, 2.05) is 31.2 Å². The van der Waals surface area contributed by atoms with Crippen molar-refractivity contribution in [2.75, 3.05) is 19.7 Å². The molecule has 0 amide bonds. The molecule has 3 aromatic rings. The highest BCUT2D eigenvalue weighted by molar-refractivity contribution is 9.10. The number of ether oxygens (including phenoxy) is 1. The number of hydrogen-bond donors (Lipinski definition) is 0. The lowest BCUT2D eigenvalue weighted by Gasteiger charge is -2.30. The summed E-state index contributed by atoms with van der Waals surface area (Å²) < 4.78 is 8.26. The smallest absolute Gasteiger partial charge is 0.309 e. The van der Waals surface area contributed by atoms with Crippen LogP contribution in [0.25, 0.3) is 16.3 Å². The van der Waals surface area contributed by atoms with E-state index in [4.69, 9.17) is 4.74 Å². The third-order valence-corrected chi connectivity index (χ3v) is 6.34. The minimum absolute atomic E-state index is 0.0445. The van der Waals surface area contributed by atoms with Crippen LogP contribution in [0, 0.1) is 5.92 Å². The lowest BCUT2D eigenvalue weighted by Crippen LogP contribution is -2.36. The van der Waals surface area contributed by atoms with Crippen LogP contribution in [-0.2, 0) is 16.1 Å². The van der Waals surface area contributed by atoms with Crippen LogP contribution in [0.5, 0.6) is 0 Å². The first-order valence-electron chi connectivity index (χ1n) is 9.12. The van der Waals surface area contributed by atoms with Crippen molar-refractivity contribution < 1.29 is 9.53 Å². The highest BCUT2D eigenvalue weighted by Crippen LogP contribution is 2.27. The number of rotatable bonds is 5. The summed E-state index contributed by atoms with van der Waals surface area (Å²) >= 11 is 5.14. The Labute approximate surface area is 170 Å². The van der Waals surface area contributed by atoms with Gasteiger partial charge in [0.25, 0.3) is 0 Å². The van der Waals surface area contributed by atoms with Crippen LogP contribution in [0.15, 0.2) is 34.9 Å². The molecule has 27 heavy (non-hydrogen) atoms. The molecule has 0 spiro atoms. The molecule has 2 aromatic heterocycles. The van der Waals surface area contributed by atoms with E-state index in [2.05, 4.69) is 41.6 Å². The molecule has 0 N–H and O–H groups in total. The van der Waals surface area contributed by atoms with E-state index < -0.39 is 0 Å². The standard InChI is InChI=1S/C19H21BrN4O2S/c1-2-26-18(25)14-7-9-23(10-8-14)11-16-12-24-17(21-22-19(24)27-16)13-3-5-15(20)6-4-13/h3-6,12,14H,2,7-11H2,1H3. The first kappa shape index (κ1) is 18.6. The summed E-state index contributed by atoms with van der Waals surface area (Å²) in [7, 11) is 0. The number of halogens is 1. The summed E-state index contributed by atoms with van der Waals surface area (Å²) in [6.45, 7) is 5.03. The van der Waals surface area contributed by atoms with E-state index in [0.717, 1.165) is 53.3 Å². The molecule has 8 heteroatoms. The van der Waals surface area contributed by atoms with Crippen molar-refractivity contribution in [2.45, 2.75) is 26.3 Å². The molecule has 1 aromatic carbocycles. The first-order valence-corrected chi connectivity index (χ1v) is 10.7. The van der Waals surface area contributed by atoms with Crippen molar-refractivity contribution in [1.29, 1.82) is 0 Å². The van der Waals surface area contributed by atoms with E-state index >= 15 is 0 Å². The third-order valence-electron chi connectivity index (χ3n) is 4.85. The number of carbonyl (C=O) groups excluding carboxylic acids is 1. The average Bonchev–Trinajstić information content (AvgIpc) is 3.23. The number of fused-ring (bicyclic) bond motifs is 1. The van der Waals surface area contributed by atoms with Gasteiger partial charge in [0.2, 0.25) is 4.96 Å². The molecule has 6 nitrogen and oxygen atoms in total. The van der Waals surface area contributed by atoms with Crippen molar-refractivity contribution in [1.82, 2.24) is 19.5 Å². The fourth-order valence-electron chi connectivity index (χ4n) is 3.43. The zero-order valence-corrected chi connectivity index (χ0v) is 17.5. The number of esters is 1. The van der Waals surface area contributed by atoms with Gasteiger partial charge < -0.3 is 4.74 Å². The average molecular weight is 449 g/mol. The second kappa shape index (κ2) is 8.08. The van der Waals surface area contributed by atoms with Crippen LogP contribution in [0.3, 0.4) is 0 Å². The quantitative estimate of drug-likeness (QED) is 0.552. The molecule has 0 bridgehead atoms. The topological polar surface area (TPSA) is 59.7 Å². The summed E-state index contributed by atoms with van der Waals surface area (Å²) in [6.07, 6.45) is 3.87. The van der Waals surface area contributed by atoms with Crippen molar-refractivity contribution >= 4 is 38.2 Å². The van der Waals surface area contributed by atoms with Crippen LogP contribution in [0.4, 0.5) is 0 Å². The van der Waals surface area contributed by atoms with Crippen molar-refractivity contribution in [3.8, 4) is 11.4 Å². The number of thiazole rings is 1. The van der Waals surface area contributed by atoms with E-state index in [9.17, 15) is 4.79 Å². The van der Waals surface area contributed by atoms with Gasteiger partial charge in [-0.1, -0.05) is 39.4 Å². The monoisotopic (exact) mass is 448 g/mol. The molecule has 1 saturated heterocycles. The van der Waals surface area contributed by atoms with Gasteiger partial charge in [-0.25, -0.2) is 0 Å². The maximum absolute atomic E-state index is 11.9. The Kier molecular flexibility index (Phi) is 5.56. The molecular weight excluding hydrogens is 428 g/mol. The Morgan fingerprint density at radius 1 is 1.26 bits per heavy atom. The van der Waals surface area contributed by atoms with Gasteiger partial charge in [-0.15, -0.1) is 10.2 Å². The molecule has 1 aliphatic rings. The van der Waals surface area contributed by atoms with Gasteiger partial charge in [0.1, 0.15) is 0 Å². The normalized spacial score (nSPS) is 16.1. The summed E-state index contributed by atoms with van der Waals surface area (Å²) in [5, 5.41) is 8.66. The summed E-state index contributed by atoms with van der Waals surface area (Å²) in [4.78, 5) is 16.4. The molecular formula is C19H21BrN4O2S. The Hall–Kier alpha value is -1.77. The van der Waals surface area contributed by atoms with Crippen LogP contribution >= 0.6 is 27.3 Å². The van der Waals surface area contributed by atoms with Gasteiger partial charge >= 0.3 is 5.97 Å². The largest absolute Gasteiger partial charge is 0.466 e. The van der Waals surface area contributed by atoms with Crippen molar-refractivity contribution in [3.05, 3.63) is 39.8 Å². The number of piperidine rings is 1. The third kappa shape index (κ3) is 4.07. The van der Waals surface area contributed by atoms with E-state index in [0.29, 0.717) is 6.61 Å². The SMILES string of the molecule is CCOC(=O)C1CCN(Cc2cn3c(-c4ccc(Br)cc4)nnc3s2)CC1. The number of nitrogens with zero attached hydrogens (tertiary/aromatic N) is 4. The van der Waals surface area contributed by atoms with E-state index in [1.54, 1.807) is 11.3 Å². The maximum Gasteiger partial charge on any atom is 0.309 e. The molecule has 0 unspecified atom stereocenters. The van der Waals surface area contributed by atoms with Crippen LogP contribution in [0.1, 0.15) is 24.6 Å². The second-order valence-corrected chi connectivity index (χ2v) is 8.69. The fourth-order valence-corrected chi connectivity index (χ4v) is 4.65. The lowest BCUT2D eigenvalue weighted by atomic mass is 9.97. The highest BCUT2D eigenvalue weighted by atomic mass is 79.9. The molecule has 0 atom stereocenters. The number of likely N-dealkylation sites (tertiary alicyclic amines) is 1. The molecule has 0 saturated carbocycles. The van der Waals surface area contributed by atoms with Crippen molar-refractivity contribution in [3.63, 3.8) is 0 Å². The first-order chi connectivity index (χ1) is 13.1. The molecule has 4 rings (SSSR count). The van der Waals surface area contributed by atoms with Gasteiger partial charge in [0, 0.05) is 27.7 Å². The Balaban J connectivity index is 1.43.